The van der Waals surface area contributed by atoms with Gasteiger partial charge >= 0.3 is 6.61 Å². The standard InChI is InChI=1S/C21H22F2N6O3/c1-31-17-9-15(29-7-3-2-4-18(29)30)10-24-19(17)27-13-5-6-14(8-13)28-21-25-11-16(12-26-21)32-20(22)23/h2-4,7,9-14,20H,5-6,8H2,1H3,(H,24,27)(H,25,26,28)/t13-,14-/m0/s1. The minimum Gasteiger partial charge on any atom is -0.493 e. The zero-order valence-corrected chi connectivity index (χ0v) is 17.2. The van der Waals surface area contributed by atoms with E-state index in [4.69, 9.17) is 4.74 Å². The number of nitrogens with one attached hydrogen (secondary N) is 2. The Labute approximate surface area is 182 Å². The van der Waals surface area contributed by atoms with Crippen molar-refractivity contribution in [2.75, 3.05) is 17.7 Å². The molecule has 1 aliphatic carbocycles. The summed E-state index contributed by atoms with van der Waals surface area (Å²) in [5.41, 5.74) is 0.457. The summed E-state index contributed by atoms with van der Waals surface area (Å²) < 4.78 is 35.7. The lowest BCUT2D eigenvalue weighted by atomic mass is 10.2. The average molecular weight is 444 g/mol. The summed E-state index contributed by atoms with van der Waals surface area (Å²) in [7, 11) is 1.55. The van der Waals surface area contributed by atoms with E-state index in [1.165, 1.54) is 23.0 Å². The van der Waals surface area contributed by atoms with Crippen LogP contribution >= 0.6 is 0 Å². The highest BCUT2D eigenvalue weighted by Crippen LogP contribution is 2.29. The van der Waals surface area contributed by atoms with Crippen LogP contribution in [0.1, 0.15) is 19.3 Å². The molecule has 11 heteroatoms. The van der Waals surface area contributed by atoms with Gasteiger partial charge in [0.15, 0.2) is 17.3 Å². The van der Waals surface area contributed by atoms with Crippen LogP contribution in [0.25, 0.3) is 5.69 Å². The number of ether oxygens (including phenoxy) is 2. The number of nitrogens with zero attached hydrogens (tertiary/aromatic N) is 4. The lowest BCUT2D eigenvalue weighted by Crippen LogP contribution is -2.22. The van der Waals surface area contributed by atoms with Crippen molar-refractivity contribution in [3.8, 4) is 17.2 Å². The third kappa shape index (κ3) is 5.10. The monoisotopic (exact) mass is 444 g/mol. The molecule has 0 spiro atoms. The molecule has 1 saturated carbocycles. The molecule has 1 fully saturated rings. The van der Waals surface area contributed by atoms with Crippen LogP contribution in [0.2, 0.25) is 0 Å². The molecule has 0 aromatic carbocycles. The molecule has 0 amide bonds. The SMILES string of the molecule is COc1cc(-n2ccccc2=O)cnc1N[C@H]1CC[C@H](Nc2ncc(OC(F)F)cn2)C1. The Bertz CT molecular complexity index is 1110. The molecule has 3 aromatic heterocycles. The first-order chi connectivity index (χ1) is 15.5. The topological polar surface area (TPSA) is 103 Å². The van der Waals surface area contributed by atoms with Crippen LogP contribution < -0.4 is 25.7 Å². The number of pyridine rings is 2. The number of aromatic nitrogens is 4. The summed E-state index contributed by atoms with van der Waals surface area (Å²) in [6, 6.07) is 6.95. The van der Waals surface area contributed by atoms with Crippen molar-refractivity contribution in [2.24, 2.45) is 0 Å². The molecule has 3 aromatic rings. The second-order valence-electron chi connectivity index (χ2n) is 7.27. The lowest BCUT2D eigenvalue weighted by Gasteiger charge is -2.17. The van der Waals surface area contributed by atoms with E-state index in [-0.39, 0.29) is 23.4 Å². The predicted molar refractivity (Wildman–Crippen MR) is 114 cm³/mol. The Morgan fingerprint density at radius 1 is 1.09 bits per heavy atom. The maximum Gasteiger partial charge on any atom is 0.387 e. The van der Waals surface area contributed by atoms with Gasteiger partial charge in [-0.15, -0.1) is 0 Å². The van der Waals surface area contributed by atoms with Gasteiger partial charge in [0.25, 0.3) is 5.56 Å². The Hall–Kier alpha value is -3.76. The molecule has 0 aliphatic heterocycles. The Morgan fingerprint density at radius 2 is 1.84 bits per heavy atom. The molecule has 0 unspecified atom stereocenters. The van der Waals surface area contributed by atoms with Crippen molar-refractivity contribution in [3.63, 3.8) is 0 Å². The summed E-state index contributed by atoms with van der Waals surface area (Å²) >= 11 is 0. The van der Waals surface area contributed by atoms with Gasteiger partial charge in [-0.2, -0.15) is 8.78 Å². The van der Waals surface area contributed by atoms with Crippen molar-refractivity contribution >= 4 is 11.8 Å². The van der Waals surface area contributed by atoms with Crippen LogP contribution in [-0.4, -0.2) is 45.3 Å². The van der Waals surface area contributed by atoms with Crippen molar-refractivity contribution in [1.82, 2.24) is 19.5 Å². The van der Waals surface area contributed by atoms with Crippen molar-refractivity contribution < 1.29 is 18.3 Å². The first-order valence-corrected chi connectivity index (χ1v) is 10.0. The smallest absolute Gasteiger partial charge is 0.387 e. The molecule has 3 heterocycles. The Morgan fingerprint density at radius 3 is 2.53 bits per heavy atom. The second kappa shape index (κ2) is 9.58. The van der Waals surface area contributed by atoms with Crippen LogP contribution in [0.3, 0.4) is 0 Å². The van der Waals surface area contributed by atoms with Gasteiger partial charge in [-0.25, -0.2) is 15.0 Å². The summed E-state index contributed by atoms with van der Waals surface area (Å²) in [5, 5.41) is 6.60. The summed E-state index contributed by atoms with van der Waals surface area (Å²) in [6.45, 7) is -2.91. The van der Waals surface area contributed by atoms with Gasteiger partial charge in [-0.05, 0) is 25.3 Å². The van der Waals surface area contributed by atoms with Gasteiger partial charge in [0.05, 0.1) is 31.4 Å². The summed E-state index contributed by atoms with van der Waals surface area (Å²) in [6.07, 6.45) is 8.25. The fraction of sp³-hybridized carbons (Fsp3) is 0.333. The number of anilines is 2. The van der Waals surface area contributed by atoms with E-state index in [9.17, 15) is 13.6 Å². The second-order valence-corrected chi connectivity index (χ2v) is 7.27. The van der Waals surface area contributed by atoms with Crippen molar-refractivity contribution in [2.45, 2.75) is 38.0 Å². The van der Waals surface area contributed by atoms with Gasteiger partial charge in [0, 0.05) is 30.4 Å². The van der Waals surface area contributed by atoms with Crippen molar-refractivity contribution in [1.29, 1.82) is 0 Å². The largest absolute Gasteiger partial charge is 0.493 e. The van der Waals surface area contributed by atoms with E-state index in [1.54, 1.807) is 37.7 Å². The molecule has 0 bridgehead atoms. The number of hydrogen-bond donors (Lipinski definition) is 2. The maximum atomic E-state index is 12.2. The first kappa shape index (κ1) is 21.5. The molecule has 1 aliphatic rings. The molecule has 2 atom stereocenters. The average Bonchev–Trinajstić information content (AvgIpc) is 3.22. The highest BCUT2D eigenvalue weighted by atomic mass is 19.3. The zero-order chi connectivity index (χ0) is 22.5. The minimum absolute atomic E-state index is 0.0871. The Balaban J connectivity index is 1.38. The fourth-order valence-corrected chi connectivity index (χ4v) is 3.64. The highest BCUT2D eigenvalue weighted by molar-refractivity contribution is 5.55. The van der Waals surface area contributed by atoms with Crippen LogP contribution in [0.5, 0.6) is 11.5 Å². The molecule has 168 valence electrons. The van der Waals surface area contributed by atoms with E-state index in [0.29, 0.717) is 23.2 Å². The van der Waals surface area contributed by atoms with Gasteiger partial charge in [-0.1, -0.05) is 6.07 Å². The number of methoxy groups -OCH3 is 1. The van der Waals surface area contributed by atoms with Crippen LogP contribution in [0.4, 0.5) is 20.5 Å². The minimum atomic E-state index is -2.91. The zero-order valence-electron chi connectivity index (χ0n) is 17.2. The summed E-state index contributed by atoms with van der Waals surface area (Å²) in [5.74, 6) is 1.39. The Kier molecular flexibility index (Phi) is 6.43. The number of hydrogen-bond acceptors (Lipinski definition) is 8. The lowest BCUT2D eigenvalue weighted by molar-refractivity contribution is -0.0503. The molecule has 0 saturated heterocycles. The molecule has 0 radical (unpaired) electrons. The number of rotatable bonds is 8. The van der Waals surface area contributed by atoms with Crippen LogP contribution in [0.15, 0.2) is 53.8 Å². The predicted octanol–water partition coefficient (Wildman–Crippen LogP) is 3.08. The molecule has 4 rings (SSSR count). The molecule has 9 nitrogen and oxygen atoms in total. The van der Waals surface area contributed by atoms with Gasteiger partial charge < -0.3 is 20.1 Å². The van der Waals surface area contributed by atoms with Crippen LogP contribution in [-0.2, 0) is 0 Å². The van der Waals surface area contributed by atoms with E-state index in [0.717, 1.165) is 19.3 Å². The van der Waals surface area contributed by atoms with E-state index in [1.807, 2.05) is 0 Å². The molecular weight excluding hydrogens is 422 g/mol. The molecular formula is C21H22F2N6O3. The van der Waals surface area contributed by atoms with Crippen molar-refractivity contribution in [3.05, 3.63) is 59.4 Å². The fourth-order valence-electron chi connectivity index (χ4n) is 3.64. The third-order valence-corrected chi connectivity index (χ3v) is 5.12. The first-order valence-electron chi connectivity index (χ1n) is 10.0. The normalized spacial score (nSPS) is 17.9. The van der Waals surface area contributed by atoms with E-state index >= 15 is 0 Å². The number of halogens is 2. The highest BCUT2D eigenvalue weighted by Gasteiger charge is 2.26. The van der Waals surface area contributed by atoms with Gasteiger partial charge in [-0.3, -0.25) is 9.36 Å². The maximum absolute atomic E-state index is 12.2. The van der Waals surface area contributed by atoms with Gasteiger partial charge in [0.2, 0.25) is 5.95 Å². The van der Waals surface area contributed by atoms with Gasteiger partial charge in [0.1, 0.15) is 0 Å². The number of alkyl halides is 2. The van der Waals surface area contributed by atoms with E-state index < -0.39 is 6.61 Å². The van der Waals surface area contributed by atoms with Crippen LogP contribution in [0, 0.1) is 0 Å². The third-order valence-electron chi connectivity index (χ3n) is 5.12. The quantitative estimate of drug-likeness (QED) is 0.547. The molecule has 2 N–H and O–H groups in total. The molecule has 32 heavy (non-hydrogen) atoms. The summed E-state index contributed by atoms with van der Waals surface area (Å²) in [4.78, 5) is 24.5. The van der Waals surface area contributed by atoms with E-state index in [2.05, 4.69) is 30.3 Å².